The Morgan fingerprint density at radius 2 is 1.52 bits per heavy atom. The van der Waals surface area contributed by atoms with Crippen molar-refractivity contribution < 1.29 is 23.3 Å². The third-order valence-corrected chi connectivity index (χ3v) is 8.21. The van der Waals surface area contributed by atoms with Crippen LogP contribution in [0, 0.1) is 11.7 Å². The molecule has 42 heavy (non-hydrogen) atoms. The molecular formula is C36H36FNO4. The van der Waals surface area contributed by atoms with Crippen LogP contribution in [-0.2, 0) is 27.4 Å². The zero-order valence-electron chi connectivity index (χ0n) is 24.1. The van der Waals surface area contributed by atoms with Gasteiger partial charge < -0.3 is 23.8 Å². The molecule has 0 N–H and O–H groups in total. The maximum absolute atomic E-state index is 16.1. The quantitative estimate of drug-likeness (QED) is 0.195. The number of benzene rings is 4. The summed E-state index contributed by atoms with van der Waals surface area (Å²) in [5.74, 6) is 1.49. The smallest absolute Gasteiger partial charge is 0.159 e. The maximum atomic E-state index is 16.1. The van der Waals surface area contributed by atoms with Crippen molar-refractivity contribution in [2.45, 2.75) is 32.3 Å². The lowest BCUT2D eigenvalue weighted by molar-refractivity contribution is -0.141. The molecule has 4 aromatic carbocycles. The summed E-state index contributed by atoms with van der Waals surface area (Å²) in [5.41, 5.74) is 6.08. The highest BCUT2D eigenvalue weighted by atomic mass is 19.1. The number of rotatable bonds is 9. The van der Waals surface area contributed by atoms with E-state index in [0.717, 1.165) is 65.2 Å². The van der Waals surface area contributed by atoms with Gasteiger partial charge in [-0.25, -0.2) is 4.39 Å². The van der Waals surface area contributed by atoms with Gasteiger partial charge in [-0.2, -0.15) is 0 Å². The SMILES string of the molecule is COC(OC)C1CCN(c2ccc(C3=C(c4ccccc4)OCc4cc(OCc5ccccc5)ccc43)c(F)c2)CC1. The van der Waals surface area contributed by atoms with Gasteiger partial charge in [-0.3, -0.25) is 0 Å². The lowest BCUT2D eigenvalue weighted by atomic mass is 9.88. The highest BCUT2D eigenvalue weighted by Crippen LogP contribution is 2.42. The fourth-order valence-corrected chi connectivity index (χ4v) is 6.01. The predicted octanol–water partition coefficient (Wildman–Crippen LogP) is 7.69. The van der Waals surface area contributed by atoms with Crippen molar-refractivity contribution >= 4 is 17.0 Å². The number of piperidine rings is 1. The maximum Gasteiger partial charge on any atom is 0.159 e. The highest BCUT2D eigenvalue weighted by Gasteiger charge is 2.29. The van der Waals surface area contributed by atoms with E-state index in [1.54, 1.807) is 20.3 Å². The summed E-state index contributed by atoms with van der Waals surface area (Å²) in [6.45, 7) is 2.50. The second kappa shape index (κ2) is 12.8. The summed E-state index contributed by atoms with van der Waals surface area (Å²) >= 11 is 0. The summed E-state index contributed by atoms with van der Waals surface area (Å²) in [6.07, 6.45) is 1.65. The molecule has 0 saturated carbocycles. The van der Waals surface area contributed by atoms with Gasteiger partial charge in [0, 0.05) is 61.2 Å². The van der Waals surface area contributed by atoms with E-state index in [2.05, 4.69) is 4.90 Å². The lowest BCUT2D eigenvalue weighted by Gasteiger charge is -2.36. The van der Waals surface area contributed by atoms with E-state index in [1.165, 1.54) is 0 Å². The first-order valence-corrected chi connectivity index (χ1v) is 14.5. The van der Waals surface area contributed by atoms with Gasteiger partial charge in [0.25, 0.3) is 0 Å². The molecule has 2 aliphatic heterocycles. The molecular weight excluding hydrogens is 529 g/mol. The van der Waals surface area contributed by atoms with Crippen LogP contribution in [0.5, 0.6) is 5.75 Å². The Balaban J connectivity index is 1.30. The fourth-order valence-electron chi connectivity index (χ4n) is 6.01. The Bertz CT molecular complexity index is 1530. The molecule has 2 aliphatic rings. The van der Waals surface area contributed by atoms with Gasteiger partial charge >= 0.3 is 0 Å². The van der Waals surface area contributed by atoms with Crippen molar-refractivity contribution in [2.75, 3.05) is 32.2 Å². The first-order valence-electron chi connectivity index (χ1n) is 14.5. The van der Waals surface area contributed by atoms with Gasteiger partial charge in [0.15, 0.2) is 6.29 Å². The average Bonchev–Trinajstić information content (AvgIpc) is 3.05. The summed E-state index contributed by atoms with van der Waals surface area (Å²) in [6, 6.07) is 31.5. The molecule has 2 heterocycles. The number of fused-ring (bicyclic) bond motifs is 1. The zero-order valence-corrected chi connectivity index (χ0v) is 24.1. The van der Waals surface area contributed by atoms with E-state index >= 15 is 4.39 Å². The number of halogens is 1. The molecule has 0 radical (unpaired) electrons. The topological polar surface area (TPSA) is 40.2 Å². The van der Waals surface area contributed by atoms with E-state index in [1.807, 2.05) is 91.0 Å². The predicted molar refractivity (Wildman–Crippen MR) is 164 cm³/mol. The Labute approximate surface area is 247 Å². The van der Waals surface area contributed by atoms with Gasteiger partial charge in [0.1, 0.15) is 30.5 Å². The van der Waals surface area contributed by atoms with Crippen molar-refractivity contribution in [2.24, 2.45) is 5.92 Å². The monoisotopic (exact) mass is 565 g/mol. The Morgan fingerprint density at radius 1 is 0.833 bits per heavy atom. The molecule has 216 valence electrons. The van der Waals surface area contributed by atoms with Crippen LogP contribution in [0.25, 0.3) is 11.3 Å². The van der Waals surface area contributed by atoms with Crippen LogP contribution in [0.1, 0.15) is 40.7 Å². The van der Waals surface area contributed by atoms with Gasteiger partial charge in [0.2, 0.25) is 0 Å². The molecule has 0 amide bonds. The fraction of sp³-hybridized carbons (Fsp3) is 0.278. The number of nitrogens with zero attached hydrogens (tertiary/aromatic N) is 1. The first-order chi connectivity index (χ1) is 20.6. The molecule has 1 saturated heterocycles. The third kappa shape index (κ3) is 5.91. The number of ether oxygens (including phenoxy) is 4. The zero-order chi connectivity index (χ0) is 28.9. The minimum atomic E-state index is -0.273. The van der Waals surface area contributed by atoms with E-state index in [9.17, 15) is 0 Å². The Morgan fingerprint density at radius 3 is 2.21 bits per heavy atom. The third-order valence-electron chi connectivity index (χ3n) is 8.21. The minimum absolute atomic E-state index is 0.203. The minimum Gasteiger partial charge on any atom is -0.489 e. The van der Waals surface area contributed by atoms with Crippen LogP contribution < -0.4 is 9.64 Å². The van der Waals surface area contributed by atoms with Crippen LogP contribution in [0.15, 0.2) is 97.1 Å². The summed E-state index contributed by atoms with van der Waals surface area (Å²) in [7, 11) is 3.36. The van der Waals surface area contributed by atoms with Crippen LogP contribution in [0.2, 0.25) is 0 Å². The van der Waals surface area contributed by atoms with E-state index in [4.69, 9.17) is 18.9 Å². The molecule has 0 aliphatic carbocycles. The van der Waals surface area contributed by atoms with E-state index < -0.39 is 0 Å². The molecule has 0 unspecified atom stereocenters. The van der Waals surface area contributed by atoms with Crippen molar-refractivity contribution in [3.8, 4) is 5.75 Å². The number of hydrogen-bond acceptors (Lipinski definition) is 5. The summed E-state index contributed by atoms with van der Waals surface area (Å²) in [5, 5.41) is 0. The summed E-state index contributed by atoms with van der Waals surface area (Å²) in [4.78, 5) is 2.24. The molecule has 0 aromatic heterocycles. The highest BCUT2D eigenvalue weighted by molar-refractivity contribution is 5.98. The Kier molecular flexibility index (Phi) is 8.54. The van der Waals surface area contributed by atoms with Crippen molar-refractivity contribution in [1.29, 1.82) is 0 Å². The van der Waals surface area contributed by atoms with Crippen molar-refractivity contribution in [3.05, 3.63) is 131 Å². The van der Waals surface area contributed by atoms with Gasteiger partial charge in [-0.15, -0.1) is 0 Å². The number of hydrogen-bond donors (Lipinski definition) is 0. The molecule has 0 spiro atoms. The van der Waals surface area contributed by atoms with Gasteiger partial charge in [-0.1, -0.05) is 66.7 Å². The molecule has 1 fully saturated rings. The van der Waals surface area contributed by atoms with Gasteiger partial charge in [-0.05, 0) is 54.3 Å². The number of anilines is 1. The molecule has 4 aromatic rings. The standard InChI is InChI=1S/C36H36FNO4/c1-39-36(40-2)27-17-19-38(20-18-27)29-13-15-32(33(37)22-29)34-31-16-14-30(41-23-25-9-5-3-6-10-25)21-28(31)24-42-35(34)26-11-7-4-8-12-26/h3-16,21-22,27,36H,17-20,23-24H2,1-2H3. The van der Waals surface area contributed by atoms with Crippen LogP contribution >= 0.6 is 0 Å². The summed E-state index contributed by atoms with van der Waals surface area (Å²) < 4.78 is 39.5. The Hall–Kier alpha value is -4.13. The molecule has 0 bridgehead atoms. The van der Waals surface area contributed by atoms with Crippen molar-refractivity contribution in [1.82, 2.24) is 0 Å². The molecule has 6 heteroatoms. The average molecular weight is 566 g/mol. The molecule has 0 atom stereocenters. The first kappa shape index (κ1) is 28.0. The number of methoxy groups -OCH3 is 2. The van der Waals surface area contributed by atoms with E-state index in [0.29, 0.717) is 30.5 Å². The van der Waals surface area contributed by atoms with Crippen LogP contribution in [0.4, 0.5) is 10.1 Å². The van der Waals surface area contributed by atoms with E-state index in [-0.39, 0.29) is 12.1 Å². The molecule has 6 rings (SSSR count). The molecule has 5 nitrogen and oxygen atoms in total. The van der Waals surface area contributed by atoms with Crippen LogP contribution in [-0.4, -0.2) is 33.6 Å². The van der Waals surface area contributed by atoms with Crippen molar-refractivity contribution in [3.63, 3.8) is 0 Å². The van der Waals surface area contributed by atoms with Crippen LogP contribution in [0.3, 0.4) is 0 Å². The van der Waals surface area contributed by atoms with Gasteiger partial charge in [0.05, 0.1) is 0 Å². The largest absolute Gasteiger partial charge is 0.489 e. The second-order valence-corrected chi connectivity index (χ2v) is 10.8. The normalized spacial score (nSPS) is 15.5. The second-order valence-electron chi connectivity index (χ2n) is 10.8. The lowest BCUT2D eigenvalue weighted by Crippen LogP contribution is -2.39.